The monoisotopic (exact) mass is 470 g/mol. The number of hydrogen-bond donors (Lipinski definition) is 2. The van der Waals surface area contributed by atoms with Crippen LogP contribution >= 0.6 is 7.82 Å². The first-order chi connectivity index (χ1) is 15.0. The van der Waals surface area contributed by atoms with Gasteiger partial charge < -0.3 is 33.5 Å². The number of carbonyl (C=O) groups excluding carboxylic acids is 1. The molecule has 3 unspecified atom stereocenters. The molecule has 0 amide bonds. The number of epoxide rings is 3. The molecule has 0 aromatic rings. The van der Waals surface area contributed by atoms with Gasteiger partial charge in [-0.15, -0.1) is 0 Å². The van der Waals surface area contributed by atoms with Crippen LogP contribution in [0.4, 0.5) is 0 Å². The maximum Gasteiger partial charge on any atom is 0.471 e. The van der Waals surface area contributed by atoms with Crippen molar-refractivity contribution in [2.45, 2.75) is 81.3 Å². The Bertz CT molecular complexity index is 1020. The van der Waals surface area contributed by atoms with E-state index in [-0.39, 0.29) is 41.5 Å². The number of hydrogen-bond acceptors (Lipinski definition) is 8. The van der Waals surface area contributed by atoms with Gasteiger partial charge in [0.25, 0.3) is 0 Å². The molecule has 2 saturated carbocycles. The van der Waals surface area contributed by atoms with Crippen LogP contribution in [0.25, 0.3) is 0 Å². The number of ether oxygens (including phenoxy) is 5. The molecule has 2 spiro atoms. The fraction of sp³-hybridized carbons (Fsp3) is 0.857. The molecule has 10 nitrogen and oxygen atoms in total. The highest BCUT2D eigenvalue weighted by atomic mass is 31.2. The van der Waals surface area contributed by atoms with Crippen LogP contribution < -0.4 is 0 Å². The van der Waals surface area contributed by atoms with E-state index in [0.29, 0.717) is 13.0 Å². The molecule has 0 radical (unpaired) electrons. The van der Waals surface area contributed by atoms with E-state index in [1.165, 1.54) is 0 Å². The summed E-state index contributed by atoms with van der Waals surface area (Å²) in [6.45, 7) is 6.10. The number of cyclic esters (lactones) is 1. The number of fused-ring (bicyclic) bond motifs is 4. The minimum absolute atomic E-state index is 0.0843. The molecule has 11 heteroatoms. The van der Waals surface area contributed by atoms with Crippen LogP contribution in [0.3, 0.4) is 0 Å². The predicted octanol–water partition coefficient (Wildman–Crippen LogP) is 1.19. The van der Waals surface area contributed by atoms with E-state index in [1.807, 2.05) is 0 Å². The van der Waals surface area contributed by atoms with Crippen molar-refractivity contribution in [1.82, 2.24) is 0 Å². The molecule has 9 atom stereocenters. The van der Waals surface area contributed by atoms with Crippen molar-refractivity contribution >= 4 is 13.8 Å². The summed E-state index contributed by atoms with van der Waals surface area (Å²) < 4.78 is 46.7. The summed E-state index contributed by atoms with van der Waals surface area (Å²) in [5.41, 5.74) is -0.447. The van der Waals surface area contributed by atoms with Crippen LogP contribution in [-0.4, -0.2) is 70.4 Å². The Hall–Kier alpha value is -0.840. The van der Waals surface area contributed by atoms with E-state index in [4.69, 9.17) is 33.5 Å². The molecule has 4 heterocycles. The highest BCUT2D eigenvalue weighted by Gasteiger charge is 3.00. The molecule has 3 saturated heterocycles. The maximum absolute atomic E-state index is 12.2. The standard InChI is InChI=1S/C21H27O10P/c1-9(2)19-14(30-19)15-21(31-15)18(3)5-4-10-11(7-26-16(10)22)12(18)6-13-20(21,29-13)17(19)27-8-28-32(23,24)25/h9,12-15,17H,4-8H2,1-3H3,(H2,23,24,25)/t12-,13-,14?,15?,17+,18-,19-,20?,21+/m0/s1. The number of esters is 1. The third kappa shape index (κ3) is 2.05. The molecule has 7 aliphatic rings. The van der Waals surface area contributed by atoms with Crippen LogP contribution in [0, 0.1) is 17.3 Å². The van der Waals surface area contributed by atoms with Crippen molar-refractivity contribution in [3.63, 3.8) is 0 Å². The molecular weight excluding hydrogens is 443 g/mol. The van der Waals surface area contributed by atoms with Gasteiger partial charge in [0.2, 0.25) is 0 Å². The first kappa shape index (κ1) is 20.5. The quantitative estimate of drug-likeness (QED) is 0.261. The van der Waals surface area contributed by atoms with Gasteiger partial charge >= 0.3 is 13.8 Å². The van der Waals surface area contributed by atoms with Crippen LogP contribution in [0.1, 0.15) is 40.0 Å². The van der Waals surface area contributed by atoms with E-state index in [9.17, 15) is 9.36 Å². The lowest BCUT2D eigenvalue weighted by atomic mass is 9.46. The Balaban J connectivity index is 1.30. The molecule has 176 valence electrons. The lowest BCUT2D eigenvalue weighted by Gasteiger charge is -2.54. The van der Waals surface area contributed by atoms with E-state index in [1.54, 1.807) is 0 Å². The zero-order valence-corrected chi connectivity index (χ0v) is 19.0. The molecule has 7 rings (SSSR count). The smallest absolute Gasteiger partial charge is 0.458 e. The van der Waals surface area contributed by atoms with Crippen LogP contribution in [0.15, 0.2) is 11.1 Å². The van der Waals surface area contributed by atoms with Crippen molar-refractivity contribution in [2.75, 3.05) is 13.4 Å². The van der Waals surface area contributed by atoms with E-state index in [2.05, 4.69) is 25.3 Å². The minimum atomic E-state index is -4.68. The zero-order chi connectivity index (χ0) is 22.5. The number of rotatable bonds is 5. The van der Waals surface area contributed by atoms with Crippen molar-refractivity contribution in [2.24, 2.45) is 17.3 Å². The summed E-state index contributed by atoms with van der Waals surface area (Å²) >= 11 is 0. The lowest BCUT2D eigenvalue weighted by Crippen LogP contribution is -2.69. The van der Waals surface area contributed by atoms with E-state index >= 15 is 0 Å². The Morgan fingerprint density at radius 2 is 2.00 bits per heavy atom. The van der Waals surface area contributed by atoms with E-state index in [0.717, 1.165) is 24.0 Å². The molecule has 0 aromatic carbocycles. The highest BCUT2D eigenvalue weighted by Crippen LogP contribution is 2.83. The second-order valence-corrected chi connectivity index (χ2v) is 12.0. The Morgan fingerprint density at radius 3 is 2.72 bits per heavy atom. The number of phosphoric ester groups is 1. The number of phosphoric acid groups is 1. The van der Waals surface area contributed by atoms with Crippen LogP contribution in [-0.2, 0) is 37.6 Å². The van der Waals surface area contributed by atoms with Gasteiger partial charge in [0.1, 0.15) is 36.1 Å². The first-order valence-electron chi connectivity index (χ1n) is 11.3. The fourth-order valence-corrected chi connectivity index (χ4v) is 8.28. The summed E-state index contributed by atoms with van der Waals surface area (Å²) in [6, 6.07) is 0. The van der Waals surface area contributed by atoms with E-state index < -0.39 is 37.5 Å². The second-order valence-electron chi connectivity index (χ2n) is 10.8. The van der Waals surface area contributed by atoms with Crippen LogP contribution in [0.2, 0.25) is 0 Å². The summed E-state index contributed by atoms with van der Waals surface area (Å²) in [4.78, 5) is 30.5. The SMILES string of the molecule is CC(C)[C@]12OC1C1O[C@]13C1(O[C@H]1C[C@H]1C4=C(CC[C@@]13C)C(=O)OC4)[C@@H]2OCOP(=O)(O)O. The Morgan fingerprint density at radius 1 is 1.22 bits per heavy atom. The van der Waals surface area contributed by atoms with Crippen LogP contribution in [0.5, 0.6) is 0 Å². The van der Waals surface area contributed by atoms with Crippen molar-refractivity contribution in [3.05, 3.63) is 11.1 Å². The molecule has 0 aromatic heterocycles. The predicted molar refractivity (Wildman–Crippen MR) is 104 cm³/mol. The van der Waals surface area contributed by atoms with Crippen molar-refractivity contribution in [1.29, 1.82) is 0 Å². The summed E-state index contributed by atoms with van der Waals surface area (Å²) in [7, 11) is -4.68. The lowest BCUT2D eigenvalue weighted by molar-refractivity contribution is -0.155. The van der Waals surface area contributed by atoms with Gasteiger partial charge in [-0.05, 0) is 36.7 Å². The Labute approximate surface area is 184 Å². The molecule has 0 bridgehead atoms. The minimum Gasteiger partial charge on any atom is -0.458 e. The largest absolute Gasteiger partial charge is 0.471 e. The van der Waals surface area contributed by atoms with Gasteiger partial charge in [-0.25, -0.2) is 9.36 Å². The van der Waals surface area contributed by atoms with Gasteiger partial charge in [0.15, 0.2) is 12.4 Å². The van der Waals surface area contributed by atoms with Crippen molar-refractivity contribution < 1.29 is 47.4 Å². The molecular formula is C21H27O10P. The maximum atomic E-state index is 12.2. The van der Waals surface area contributed by atoms with Gasteiger partial charge in [-0.3, -0.25) is 4.52 Å². The average molecular weight is 470 g/mol. The summed E-state index contributed by atoms with van der Waals surface area (Å²) in [6.07, 6.45) is 1.09. The Kier molecular flexibility index (Phi) is 3.65. The third-order valence-corrected chi connectivity index (χ3v) is 9.96. The van der Waals surface area contributed by atoms with Gasteiger partial charge in [-0.1, -0.05) is 20.8 Å². The second kappa shape index (κ2) is 5.69. The molecule has 2 N–H and O–H groups in total. The van der Waals surface area contributed by atoms with Crippen molar-refractivity contribution in [3.8, 4) is 0 Å². The first-order valence-corrected chi connectivity index (χ1v) is 12.8. The molecule has 32 heavy (non-hydrogen) atoms. The number of carbonyl (C=O) groups is 1. The topological polar surface area (TPSA) is 140 Å². The highest BCUT2D eigenvalue weighted by molar-refractivity contribution is 7.46. The fourth-order valence-electron chi connectivity index (χ4n) is 8.08. The molecule has 3 aliphatic carbocycles. The molecule has 4 aliphatic heterocycles. The normalized spacial score (nSPS) is 54.1. The third-order valence-electron chi connectivity index (χ3n) is 9.52. The summed E-state index contributed by atoms with van der Waals surface area (Å²) in [5, 5.41) is 0. The summed E-state index contributed by atoms with van der Waals surface area (Å²) in [5.74, 6) is -0.00758. The zero-order valence-electron chi connectivity index (χ0n) is 18.1. The average Bonchev–Trinajstić information content (AvgIpc) is 3.59. The van der Waals surface area contributed by atoms with Gasteiger partial charge in [-0.2, -0.15) is 0 Å². The van der Waals surface area contributed by atoms with Gasteiger partial charge in [0, 0.05) is 11.0 Å². The molecule has 5 fully saturated rings. The van der Waals surface area contributed by atoms with Gasteiger partial charge in [0.05, 0.1) is 6.10 Å².